The van der Waals surface area contributed by atoms with Crippen LogP contribution in [0.5, 0.6) is 0 Å². The highest BCUT2D eigenvalue weighted by Crippen LogP contribution is 2.01. The summed E-state index contributed by atoms with van der Waals surface area (Å²) in [6.07, 6.45) is 5.17. The fourth-order valence-corrected chi connectivity index (χ4v) is 1.23. The van der Waals surface area contributed by atoms with E-state index in [0.29, 0.717) is 12.4 Å². The summed E-state index contributed by atoms with van der Waals surface area (Å²) in [5.74, 6) is 5.74. The van der Waals surface area contributed by atoms with Gasteiger partial charge in [0.05, 0.1) is 30.3 Å². The molecule has 0 radical (unpaired) electrons. The Morgan fingerprint density at radius 1 is 1.40 bits per heavy atom. The highest BCUT2D eigenvalue weighted by molar-refractivity contribution is 5.28. The summed E-state index contributed by atoms with van der Waals surface area (Å²) >= 11 is 0. The second kappa shape index (κ2) is 4.05. The number of nitrogens with one attached hydrogen (secondary N) is 1. The van der Waals surface area contributed by atoms with E-state index in [1.54, 1.807) is 12.4 Å². The Hall–Kier alpha value is -1.95. The summed E-state index contributed by atoms with van der Waals surface area (Å²) in [4.78, 5) is 8.25. The van der Waals surface area contributed by atoms with E-state index in [9.17, 15) is 0 Å². The predicted molar refractivity (Wildman–Crippen MR) is 55.9 cm³/mol. The van der Waals surface area contributed by atoms with Gasteiger partial charge < -0.3 is 5.43 Å². The Morgan fingerprint density at radius 2 is 2.27 bits per heavy atom. The fraction of sp³-hybridized carbons (Fsp3) is 0.222. The Bertz CT molecular complexity index is 432. The molecule has 0 bridgehead atoms. The molecule has 0 amide bonds. The zero-order valence-corrected chi connectivity index (χ0v) is 8.38. The van der Waals surface area contributed by atoms with Crippen LogP contribution in [0.2, 0.25) is 0 Å². The molecule has 3 N–H and O–H groups in total. The van der Waals surface area contributed by atoms with Gasteiger partial charge in [-0.15, -0.1) is 0 Å². The van der Waals surface area contributed by atoms with Gasteiger partial charge in [0.2, 0.25) is 0 Å². The largest absolute Gasteiger partial charge is 0.307 e. The lowest BCUT2D eigenvalue weighted by molar-refractivity contribution is 0.663. The van der Waals surface area contributed by atoms with Crippen LogP contribution in [0, 0.1) is 6.92 Å². The highest BCUT2D eigenvalue weighted by Gasteiger charge is 1.99. The van der Waals surface area contributed by atoms with Crippen molar-refractivity contribution in [1.82, 2.24) is 19.7 Å². The van der Waals surface area contributed by atoms with Crippen LogP contribution in [0.1, 0.15) is 11.4 Å². The first-order valence-corrected chi connectivity index (χ1v) is 4.55. The second-order valence-electron chi connectivity index (χ2n) is 3.19. The van der Waals surface area contributed by atoms with Gasteiger partial charge in [-0.25, -0.2) is 10.8 Å². The molecular weight excluding hydrogens is 192 g/mol. The van der Waals surface area contributed by atoms with Gasteiger partial charge in [-0.3, -0.25) is 9.67 Å². The molecule has 0 unspecified atom stereocenters. The molecule has 0 aliphatic carbocycles. The number of nitrogens with zero attached hydrogens (tertiary/aromatic N) is 4. The summed E-state index contributed by atoms with van der Waals surface area (Å²) in [6, 6.07) is 1.95. The molecule has 0 fully saturated rings. The van der Waals surface area contributed by atoms with E-state index in [1.807, 2.05) is 23.9 Å². The molecule has 0 aliphatic heterocycles. The average molecular weight is 204 g/mol. The second-order valence-corrected chi connectivity index (χ2v) is 3.19. The summed E-state index contributed by atoms with van der Waals surface area (Å²) in [5.41, 5.74) is 4.26. The maximum Gasteiger partial charge on any atom is 0.158 e. The molecule has 2 heterocycles. The summed E-state index contributed by atoms with van der Waals surface area (Å²) in [7, 11) is 0. The molecule has 78 valence electrons. The van der Waals surface area contributed by atoms with Gasteiger partial charge in [0.25, 0.3) is 0 Å². The Labute approximate surface area is 87.1 Å². The predicted octanol–water partition coefficient (Wildman–Crippen LogP) is 0.315. The van der Waals surface area contributed by atoms with Crippen LogP contribution in [0.4, 0.5) is 5.82 Å². The molecule has 15 heavy (non-hydrogen) atoms. The van der Waals surface area contributed by atoms with E-state index in [2.05, 4.69) is 20.5 Å². The molecule has 0 atom stereocenters. The van der Waals surface area contributed by atoms with E-state index in [4.69, 9.17) is 5.84 Å². The number of hydrogen-bond acceptors (Lipinski definition) is 5. The quantitative estimate of drug-likeness (QED) is 0.555. The molecule has 0 saturated carbocycles. The third-order valence-corrected chi connectivity index (χ3v) is 1.95. The van der Waals surface area contributed by atoms with E-state index >= 15 is 0 Å². The summed E-state index contributed by atoms with van der Waals surface area (Å²) in [6.45, 7) is 2.56. The zero-order chi connectivity index (χ0) is 10.7. The fourth-order valence-electron chi connectivity index (χ4n) is 1.23. The lowest BCUT2D eigenvalue weighted by Gasteiger charge is -2.02. The van der Waals surface area contributed by atoms with Crippen molar-refractivity contribution in [2.24, 2.45) is 5.84 Å². The molecule has 6 heteroatoms. The number of hydrazine groups is 1. The molecule has 2 aromatic heterocycles. The van der Waals surface area contributed by atoms with Crippen LogP contribution in [0.15, 0.2) is 24.7 Å². The average Bonchev–Trinajstić information content (AvgIpc) is 2.65. The van der Waals surface area contributed by atoms with Crippen molar-refractivity contribution in [3.05, 3.63) is 36.0 Å². The van der Waals surface area contributed by atoms with Crippen molar-refractivity contribution in [3.8, 4) is 0 Å². The third kappa shape index (κ3) is 2.29. The molecule has 0 saturated heterocycles. The molecule has 2 aromatic rings. The number of aromatic nitrogens is 4. The van der Waals surface area contributed by atoms with Crippen LogP contribution in [-0.4, -0.2) is 19.7 Å². The lowest BCUT2D eigenvalue weighted by Crippen LogP contribution is -2.10. The van der Waals surface area contributed by atoms with Crippen molar-refractivity contribution in [1.29, 1.82) is 0 Å². The van der Waals surface area contributed by atoms with Crippen LogP contribution < -0.4 is 11.3 Å². The van der Waals surface area contributed by atoms with Gasteiger partial charge in [0.15, 0.2) is 5.82 Å². The van der Waals surface area contributed by atoms with Crippen LogP contribution in [0.3, 0.4) is 0 Å². The molecule has 0 aliphatic rings. The molecule has 6 nitrogen and oxygen atoms in total. The van der Waals surface area contributed by atoms with Crippen molar-refractivity contribution in [2.75, 3.05) is 5.43 Å². The highest BCUT2D eigenvalue weighted by atomic mass is 15.3. The van der Waals surface area contributed by atoms with Gasteiger partial charge in [0, 0.05) is 6.20 Å². The first kappa shape index (κ1) is 9.60. The lowest BCUT2D eigenvalue weighted by atomic mass is 10.4. The first-order valence-electron chi connectivity index (χ1n) is 4.55. The van der Waals surface area contributed by atoms with Crippen LogP contribution >= 0.6 is 0 Å². The maximum atomic E-state index is 5.19. The number of anilines is 1. The normalized spacial score (nSPS) is 10.3. The summed E-state index contributed by atoms with van der Waals surface area (Å²) in [5, 5.41) is 4.26. The van der Waals surface area contributed by atoms with Crippen molar-refractivity contribution in [2.45, 2.75) is 13.5 Å². The Balaban J connectivity index is 2.11. The van der Waals surface area contributed by atoms with E-state index in [-0.39, 0.29) is 0 Å². The SMILES string of the molecule is Cc1ccn(Cc2cnc(NN)cn2)n1. The van der Waals surface area contributed by atoms with Crippen molar-refractivity contribution in [3.63, 3.8) is 0 Å². The van der Waals surface area contributed by atoms with E-state index in [0.717, 1.165) is 11.4 Å². The van der Waals surface area contributed by atoms with Gasteiger partial charge in [-0.1, -0.05) is 0 Å². The topological polar surface area (TPSA) is 81.7 Å². The monoisotopic (exact) mass is 204 g/mol. The van der Waals surface area contributed by atoms with Gasteiger partial charge in [-0.05, 0) is 13.0 Å². The van der Waals surface area contributed by atoms with Gasteiger partial charge in [0.1, 0.15) is 0 Å². The van der Waals surface area contributed by atoms with Crippen molar-refractivity contribution < 1.29 is 0 Å². The minimum Gasteiger partial charge on any atom is -0.307 e. The van der Waals surface area contributed by atoms with Crippen LogP contribution in [-0.2, 0) is 6.54 Å². The molecule has 2 rings (SSSR count). The van der Waals surface area contributed by atoms with E-state index < -0.39 is 0 Å². The van der Waals surface area contributed by atoms with Gasteiger partial charge in [-0.2, -0.15) is 5.10 Å². The summed E-state index contributed by atoms with van der Waals surface area (Å²) < 4.78 is 1.81. The number of nitrogen functional groups attached to an aromatic ring is 1. The molecule has 0 spiro atoms. The molecule has 0 aromatic carbocycles. The smallest absolute Gasteiger partial charge is 0.158 e. The van der Waals surface area contributed by atoms with Gasteiger partial charge >= 0.3 is 0 Å². The number of rotatable bonds is 3. The number of hydrogen-bond donors (Lipinski definition) is 2. The number of aryl methyl sites for hydroxylation is 1. The maximum absolute atomic E-state index is 5.19. The zero-order valence-electron chi connectivity index (χ0n) is 8.38. The van der Waals surface area contributed by atoms with E-state index in [1.165, 1.54) is 0 Å². The third-order valence-electron chi connectivity index (χ3n) is 1.95. The first-order chi connectivity index (χ1) is 7.28. The minimum atomic E-state index is 0.551. The standard InChI is InChI=1S/C9H12N6/c1-7-2-3-15(14-7)6-8-4-12-9(13-10)5-11-8/h2-5H,6,10H2,1H3,(H,12,13). The van der Waals surface area contributed by atoms with Crippen LogP contribution in [0.25, 0.3) is 0 Å². The number of nitrogens with two attached hydrogens (primary N) is 1. The Morgan fingerprint density at radius 3 is 2.80 bits per heavy atom. The molecular formula is C9H12N6. The van der Waals surface area contributed by atoms with Crippen molar-refractivity contribution >= 4 is 5.82 Å². The minimum absolute atomic E-state index is 0.551. The Kier molecular flexibility index (Phi) is 2.59.